The topological polar surface area (TPSA) is 78.9 Å². The summed E-state index contributed by atoms with van der Waals surface area (Å²) in [6.45, 7) is 6.61. The molecule has 0 heterocycles. The molecule has 340 valence electrons. The van der Waals surface area contributed by atoms with Gasteiger partial charge in [0.25, 0.3) is 0 Å². The zero-order chi connectivity index (χ0) is 42.3. The first-order valence-electron chi connectivity index (χ1n) is 25.3. The van der Waals surface area contributed by atoms with E-state index >= 15 is 0 Å². The molecule has 0 saturated heterocycles. The minimum absolute atomic E-state index is 0.0736. The van der Waals surface area contributed by atoms with Crippen LogP contribution in [0, 0.1) is 0 Å². The van der Waals surface area contributed by atoms with Gasteiger partial charge in [0.1, 0.15) is 13.2 Å². The summed E-state index contributed by atoms with van der Waals surface area (Å²) in [6, 6.07) is 0. The maximum Gasteiger partial charge on any atom is 0.306 e. The second kappa shape index (κ2) is 47.6. The number of allylic oxidation sites excluding steroid dienone is 4. The Morgan fingerprint density at radius 2 is 0.569 bits per heavy atom. The van der Waals surface area contributed by atoms with Crippen molar-refractivity contribution in [3.05, 3.63) is 24.3 Å². The van der Waals surface area contributed by atoms with Crippen molar-refractivity contribution in [2.75, 3.05) is 13.2 Å². The highest BCUT2D eigenvalue weighted by Crippen LogP contribution is 2.15. The van der Waals surface area contributed by atoms with E-state index < -0.39 is 6.10 Å². The van der Waals surface area contributed by atoms with E-state index in [0.717, 1.165) is 70.6 Å². The molecule has 0 aliphatic carbocycles. The van der Waals surface area contributed by atoms with Crippen LogP contribution in [-0.4, -0.2) is 37.2 Å². The molecule has 1 atom stereocenters. The number of rotatable bonds is 46. The van der Waals surface area contributed by atoms with Gasteiger partial charge in [-0.25, -0.2) is 0 Å². The zero-order valence-corrected chi connectivity index (χ0v) is 38.8. The predicted molar refractivity (Wildman–Crippen MR) is 247 cm³/mol. The average molecular weight is 817 g/mol. The van der Waals surface area contributed by atoms with Crippen LogP contribution in [0.2, 0.25) is 0 Å². The lowest BCUT2D eigenvalue weighted by atomic mass is 10.0. The first-order chi connectivity index (χ1) is 28.5. The number of carbonyl (C=O) groups is 3. The van der Waals surface area contributed by atoms with Gasteiger partial charge in [-0.05, 0) is 70.6 Å². The smallest absolute Gasteiger partial charge is 0.306 e. The third kappa shape index (κ3) is 45.0. The minimum atomic E-state index is -0.773. The highest BCUT2D eigenvalue weighted by molar-refractivity contribution is 5.71. The van der Waals surface area contributed by atoms with Gasteiger partial charge >= 0.3 is 17.9 Å². The lowest BCUT2D eigenvalue weighted by Crippen LogP contribution is -2.30. The second-order valence-corrected chi connectivity index (χ2v) is 17.1. The third-order valence-corrected chi connectivity index (χ3v) is 11.2. The number of hydrogen-bond donors (Lipinski definition) is 0. The van der Waals surface area contributed by atoms with Crippen molar-refractivity contribution in [2.45, 2.75) is 277 Å². The van der Waals surface area contributed by atoms with Gasteiger partial charge in [0.15, 0.2) is 6.10 Å². The van der Waals surface area contributed by atoms with Crippen LogP contribution in [0.25, 0.3) is 0 Å². The third-order valence-electron chi connectivity index (χ3n) is 11.2. The van der Waals surface area contributed by atoms with E-state index in [2.05, 4.69) is 45.1 Å². The molecule has 0 aliphatic rings. The fraction of sp³-hybridized carbons (Fsp3) is 0.865. The van der Waals surface area contributed by atoms with Crippen molar-refractivity contribution in [1.29, 1.82) is 0 Å². The van der Waals surface area contributed by atoms with E-state index in [-0.39, 0.29) is 31.1 Å². The van der Waals surface area contributed by atoms with Crippen molar-refractivity contribution in [3.63, 3.8) is 0 Å². The Morgan fingerprint density at radius 1 is 0.328 bits per heavy atom. The SMILES string of the molecule is CCCCC/C=C\CCCCCCCC(=O)OCC(COC(=O)CCCCCCCCCCCCCCCCC)OC(=O)CCCCCCC/C=C\CCCCCC. The standard InChI is InChI=1S/C52H96O6/c1-4-7-10-13-16-19-22-25-26-28-30-33-36-39-42-45-51(54)57-48-49(47-56-50(53)44-41-38-35-32-29-24-21-18-15-12-9-6-3)58-52(55)46-43-40-37-34-31-27-23-20-17-14-11-8-5-2/h18,20-21,23,49H,4-17,19,22,24-48H2,1-3H3/b21-18-,23-20-. The highest BCUT2D eigenvalue weighted by atomic mass is 16.6. The van der Waals surface area contributed by atoms with E-state index in [0.29, 0.717) is 19.3 Å². The Labute approximate surface area is 360 Å². The predicted octanol–water partition coefficient (Wildman–Crippen LogP) is 16.4. The van der Waals surface area contributed by atoms with Crippen LogP contribution in [-0.2, 0) is 28.6 Å². The number of hydrogen-bond acceptors (Lipinski definition) is 6. The molecular formula is C52H96O6. The Bertz CT molecular complexity index is 942. The van der Waals surface area contributed by atoms with Crippen LogP contribution < -0.4 is 0 Å². The van der Waals surface area contributed by atoms with Crippen LogP contribution in [0.3, 0.4) is 0 Å². The van der Waals surface area contributed by atoms with Crippen LogP contribution >= 0.6 is 0 Å². The van der Waals surface area contributed by atoms with Gasteiger partial charge in [-0.3, -0.25) is 14.4 Å². The molecule has 0 amide bonds. The summed E-state index contributed by atoms with van der Waals surface area (Å²) in [5.74, 6) is -0.881. The summed E-state index contributed by atoms with van der Waals surface area (Å²) < 4.78 is 16.8. The molecule has 0 bridgehead atoms. The fourth-order valence-electron chi connectivity index (χ4n) is 7.31. The number of esters is 3. The Kier molecular flexibility index (Phi) is 45.8. The monoisotopic (exact) mass is 817 g/mol. The maximum absolute atomic E-state index is 12.8. The summed E-state index contributed by atoms with van der Waals surface area (Å²) in [6.07, 6.45) is 53.0. The van der Waals surface area contributed by atoms with E-state index in [1.165, 1.54) is 161 Å². The van der Waals surface area contributed by atoms with E-state index in [9.17, 15) is 14.4 Å². The molecule has 6 heteroatoms. The molecule has 0 aromatic heterocycles. The minimum Gasteiger partial charge on any atom is -0.462 e. The number of ether oxygens (including phenoxy) is 3. The molecule has 1 unspecified atom stereocenters. The average Bonchev–Trinajstić information content (AvgIpc) is 3.22. The van der Waals surface area contributed by atoms with Gasteiger partial charge in [0.05, 0.1) is 0 Å². The fourth-order valence-corrected chi connectivity index (χ4v) is 7.31. The zero-order valence-electron chi connectivity index (χ0n) is 38.8. The van der Waals surface area contributed by atoms with E-state index in [4.69, 9.17) is 14.2 Å². The van der Waals surface area contributed by atoms with E-state index in [1.807, 2.05) is 0 Å². The molecule has 0 aromatic carbocycles. The van der Waals surface area contributed by atoms with E-state index in [1.54, 1.807) is 0 Å². The molecule has 0 aromatic rings. The van der Waals surface area contributed by atoms with Gasteiger partial charge in [-0.2, -0.15) is 0 Å². The van der Waals surface area contributed by atoms with Crippen molar-refractivity contribution in [2.24, 2.45) is 0 Å². The molecule has 0 radical (unpaired) electrons. The molecule has 0 spiro atoms. The summed E-state index contributed by atoms with van der Waals surface area (Å²) in [7, 11) is 0. The first-order valence-corrected chi connectivity index (χ1v) is 25.3. The second-order valence-electron chi connectivity index (χ2n) is 17.1. The molecule has 0 N–H and O–H groups in total. The van der Waals surface area contributed by atoms with Crippen molar-refractivity contribution in [1.82, 2.24) is 0 Å². The molecule has 0 saturated carbocycles. The molecule has 58 heavy (non-hydrogen) atoms. The van der Waals surface area contributed by atoms with Crippen LogP contribution in [0.4, 0.5) is 0 Å². The van der Waals surface area contributed by atoms with Crippen molar-refractivity contribution in [3.8, 4) is 0 Å². The Morgan fingerprint density at radius 3 is 0.914 bits per heavy atom. The molecule has 0 aliphatic heterocycles. The summed E-state index contributed by atoms with van der Waals surface area (Å²) >= 11 is 0. The summed E-state index contributed by atoms with van der Waals surface area (Å²) in [5, 5.41) is 0. The Balaban J connectivity index is 4.35. The molecule has 6 nitrogen and oxygen atoms in total. The molecular weight excluding hydrogens is 721 g/mol. The van der Waals surface area contributed by atoms with Gasteiger partial charge < -0.3 is 14.2 Å². The first kappa shape index (κ1) is 55.9. The molecule has 0 rings (SSSR count). The largest absolute Gasteiger partial charge is 0.462 e. The van der Waals surface area contributed by atoms with Crippen molar-refractivity contribution >= 4 is 17.9 Å². The van der Waals surface area contributed by atoms with Crippen LogP contribution in [0.1, 0.15) is 271 Å². The van der Waals surface area contributed by atoms with Crippen LogP contribution in [0.15, 0.2) is 24.3 Å². The lowest BCUT2D eigenvalue weighted by molar-refractivity contribution is -0.167. The Hall–Kier alpha value is -2.11. The quantitative estimate of drug-likeness (QED) is 0.0263. The van der Waals surface area contributed by atoms with Gasteiger partial charge in [0.2, 0.25) is 0 Å². The maximum atomic E-state index is 12.8. The van der Waals surface area contributed by atoms with Gasteiger partial charge in [-0.15, -0.1) is 0 Å². The molecule has 0 fully saturated rings. The summed E-state index contributed by atoms with van der Waals surface area (Å²) in [4.78, 5) is 37.9. The van der Waals surface area contributed by atoms with Gasteiger partial charge in [0, 0.05) is 19.3 Å². The number of carbonyl (C=O) groups excluding carboxylic acids is 3. The lowest BCUT2D eigenvalue weighted by Gasteiger charge is -2.18. The normalized spacial score (nSPS) is 12.1. The highest BCUT2D eigenvalue weighted by Gasteiger charge is 2.19. The summed E-state index contributed by atoms with van der Waals surface area (Å²) in [5.41, 5.74) is 0. The number of unbranched alkanes of at least 4 members (excludes halogenated alkanes) is 31. The van der Waals surface area contributed by atoms with Crippen LogP contribution in [0.5, 0.6) is 0 Å². The van der Waals surface area contributed by atoms with Gasteiger partial charge in [-0.1, -0.05) is 206 Å². The van der Waals surface area contributed by atoms with Crippen molar-refractivity contribution < 1.29 is 28.6 Å².